The van der Waals surface area contributed by atoms with E-state index >= 15 is 0 Å². The summed E-state index contributed by atoms with van der Waals surface area (Å²) in [6, 6.07) is 13.9. The molecule has 2 aromatic rings. The van der Waals surface area contributed by atoms with Crippen molar-refractivity contribution >= 4 is 21.8 Å². The topological polar surface area (TPSA) is 42.8 Å². The molecule has 1 amide bonds. The molecule has 1 saturated heterocycles. The van der Waals surface area contributed by atoms with Gasteiger partial charge in [0.15, 0.2) is 0 Å². The summed E-state index contributed by atoms with van der Waals surface area (Å²) in [7, 11) is 0. The number of carbonyl (C=O) groups excluding carboxylic acids is 1. The largest absolute Gasteiger partial charge is 0.370 e. The molecule has 2 N–H and O–H groups in total. The summed E-state index contributed by atoms with van der Waals surface area (Å²) in [5, 5.41) is 3.02. The van der Waals surface area contributed by atoms with E-state index in [9.17, 15) is 9.18 Å². The Bertz CT molecular complexity index is 700. The van der Waals surface area contributed by atoms with E-state index in [4.69, 9.17) is 4.74 Å². The van der Waals surface area contributed by atoms with Crippen molar-refractivity contribution in [1.29, 1.82) is 0 Å². The van der Waals surface area contributed by atoms with Gasteiger partial charge in [0.1, 0.15) is 24.9 Å². The number of benzene rings is 2. The van der Waals surface area contributed by atoms with Crippen LogP contribution in [-0.2, 0) is 4.74 Å². The maximum absolute atomic E-state index is 13.3. The fourth-order valence-electron chi connectivity index (χ4n) is 3.07. The molecule has 0 saturated carbocycles. The lowest BCUT2D eigenvalue weighted by Gasteiger charge is -2.32. The quantitative estimate of drug-likeness (QED) is 0.795. The number of hydrogen-bond donors (Lipinski definition) is 2. The number of quaternary nitrogens is 1. The average molecular weight is 408 g/mol. The second kappa shape index (κ2) is 8.56. The van der Waals surface area contributed by atoms with Crippen molar-refractivity contribution in [3.05, 3.63) is 69.9 Å². The Labute approximate surface area is 155 Å². The lowest BCUT2D eigenvalue weighted by molar-refractivity contribution is -0.937. The standard InChI is InChI=1S/C19H20BrFN2O2/c20-16-5-1-15(2-6-16)19(24)22-13-18(23-9-11-25-12-10-23)14-3-7-17(21)8-4-14/h1-8,18H,9-13H2,(H,22,24)/p+1/t18-/m0/s1. The highest BCUT2D eigenvalue weighted by molar-refractivity contribution is 9.10. The molecule has 0 unspecified atom stereocenters. The van der Waals surface area contributed by atoms with E-state index in [0.717, 1.165) is 23.1 Å². The smallest absolute Gasteiger partial charge is 0.251 e. The minimum absolute atomic E-state index is 0.0731. The number of amides is 1. The van der Waals surface area contributed by atoms with E-state index in [0.29, 0.717) is 25.3 Å². The Morgan fingerprint density at radius 3 is 2.40 bits per heavy atom. The lowest BCUT2D eigenvalue weighted by Crippen LogP contribution is -3.15. The second-order valence-electron chi connectivity index (χ2n) is 6.09. The van der Waals surface area contributed by atoms with Gasteiger partial charge < -0.3 is 15.0 Å². The minimum Gasteiger partial charge on any atom is -0.370 e. The van der Waals surface area contributed by atoms with Crippen molar-refractivity contribution < 1.29 is 18.8 Å². The Hall–Kier alpha value is -1.76. The lowest BCUT2D eigenvalue weighted by atomic mass is 10.0. The zero-order chi connectivity index (χ0) is 17.6. The van der Waals surface area contributed by atoms with Gasteiger partial charge in [0.25, 0.3) is 5.91 Å². The third kappa shape index (κ3) is 4.87. The highest BCUT2D eigenvalue weighted by atomic mass is 79.9. The Balaban J connectivity index is 1.71. The van der Waals surface area contributed by atoms with Crippen molar-refractivity contribution in [3.8, 4) is 0 Å². The Morgan fingerprint density at radius 1 is 1.12 bits per heavy atom. The Morgan fingerprint density at radius 2 is 1.76 bits per heavy atom. The first kappa shape index (κ1) is 18.0. The summed E-state index contributed by atoms with van der Waals surface area (Å²) in [5.41, 5.74) is 1.65. The average Bonchev–Trinajstić information content (AvgIpc) is 2.64. The third-order valence-electron chi connectivity index (χ3n) is 4.47. The summed E-state index contributed by atoms with van der Waals surface area (Å²) < 4.78 is 19.6. The van der Waals surface area contributed by atoms with E-state index < -0.39 is 0 Å². The van der Waals surface area contributed by atoms with E-state index in [1.165, 1.54) is 17.0 Å². The first-order valence-corrected chi connectivity index (χ1v) is 9.14. The van der Waals surface area contributed by atoms with Crippen LogP contribution < -0.4 is 10.2 Å². The molecule has 1 fully saturated rings. The first-order chi connectivity index (χ1) is 12.1. The predicted molar refractivity (Wildman–Crippen MR) is 97.1 cm³/mol. The molecule has 1 aliphatic heterocycles. The fraction of sp³-hybridized carbons (Fsp3) is 0.316. The summed E-state index contributed by atoms with van der Waals surface area (Å²) >= 11 is 3.37. The maximum Gasteiger partial charge on any atom is 0.251 e. The fourth-order valence-corrected chi connectivity index (χ4v) is 3.34. The van der Waals surface area contributed by atoms with Crippen LogP contribution in [0, 0.1) is 5.82 Å². The number of rotatable bonds is 5. The van der Waals surface area contributed by atoms with E-state index in [1.807, 2.05) is 12.1 Å². The molecule has 1 atom stereocenters. The molecule has 1 heterocycles. The summed E-state index contributed by atoms with van der Waals surface area (Å²) in [6.45, 7) is 3.64. The molecule has 0 spiro atoms. The van der Waals surface area contributed by atoms with Crippen molar-refractivity contribution in [1.82, 2.24) is 5.32 Å². The van der Waals surface area contributed by atoms with Gasteiger partial charge >= 0.3 is 0 Å². The number of hydrogen-bond acceptors (Lipinski definition) is 2. The molecule has 0 aliphatic carbocycles. The van der Waals surface area contributed by atoms with Crippen molar-refractivity contribution in [3.63, 3.8) is 0 Å². The summed E-state index contributed by atoms with van der Waals surface area (Å²) in [4.78, 5) is 13.7. The molecule has 0 bridgehead atoms. The molecular weight excluding hydrogens is 387 g/mol. The van der Waals surface area contributed by atoms with Gasteiger partial charge in [0.2, 0.25) is 0 Å². The van der Waals surface area contributed by atoms with Crippen LogP contribution in [0.3, 0.4) is 0 Å². The molecule has 0 radical (unpaired) electrons. The van der Waals surface area contributed by atoms with Crippen molar-refractivity contribution in [2.24, 2.45) is 0 Å². The minimum atomic E-state index is -0.252. The van der Waals surface area contributed by atoms with Gasteiger partial charge in [-0.2, -0.15) is 0 Å². The van der Waals surface area contributed by atoms with Crippen LogP contribution >= 0.6 is 15.9 Å². The van der Waals surface area contributed by atoms with Crippen molar-refractivity contribution in [2.45, 2.75) is 6.04 Å². The van der Waals surface area contributed by atoms with Gasteiger partial charge in [0, 0.05) is 15.6 Å². The zero-order valence-electron chi connectivity index (χ0n) is 13.8. The second-order valence-corrected chi connectivity index (χ2v) is 7.01. The van der Waals surface area contributed by atoms with Crippen LogP contribution in [0.25, 0.3) is 0 Å². The SMILES string of the molecule is O=C(NC[C@@H](c1ccc(F)cc1)[NH+]1CCOCC1)c1ccc(Br)cc1. The maximum atomic E-state index is 13.3. The molecular formula is C19H21BrFN2O2+. The number of nitrogens with one attached hydrogen (secondary N) is 2. The van der Waals surface area contributed by atoms with Gasteiger partial charge in [-0.15, -0.1) is 0 Å². The van der Waals surface area contributed by atoms with Crippen LogP contribution in [-0.4, -0.2) is 38.8 Å². The van der Waals surface area contributed by atoms with E-state index in [2.05, 4.69) is 21.2 Å². The van der Waals surface area contributed by atoms with Crippen molar-refractivity contribution in [2.75, 3.05) is 32.8 Å². The zero-order valence-corrected chi connectivity index (χ0v) is 15.4. The normalized spacial score (nSPS) is 16.4. The van der Waals surface area contributed by atoms with Gasteiger partial charge in [0.05, 0.1) is 19.8 Å². The third-order valence-corrected chi connectivity index (χ3v) is 5.00. The number of halogens is 2. The summed E-state index contributed by atoms with van der Waals surface area (Å²) in [5.74, 6) is -0.356. The highest BCUT2D eigenvalue weighted by Crippen LogP contribution is 2.13. The van der Waals surface area contributed by atoms with Gasteiger partial charge in [-0.05, 0) is 36.4 Å². The Kier molecular flexibility index (Phi) is 6.18. The van der Waals surface area contributed by atoms with Gasteiger partial charge in [-0.3, -0.25) is 4.79 Å². The monoisotopic (exact) mass is 407 g/mol. The van der Waals surface area contributed by atoms with Gasteiger partial charge in [-0.1, -0.05) is 28.1 Å². The van der Waals surface area contributed by atoms with Gasteiger partial charge in [-0.25, -0.2) is 4.39 Å². The molecule has 6 heteroatoms. The molecule has 4 nitrogen and oxygen atoms in total. The number of morpholine rings is 1. The van der Waals surface area contributed by atoms with Crippen LogP contribution in [0.2, 0.25) is 0 Å². The molecule has 1 aliphatic rings. The molecule has 25 heavy (non-hydrogen) atoms. The molecule has 2 aromatic carbocycles. The number of ether oxygens (including phenoxy) is 1. The van der Waals surface area contributed by atoms with E-state index in [1.54, 1.807) is 24.3 Å². The molecule has 0 aromatic heterocycles. The molecule has 3 rings (SSSR count). The summed E-state index contributed by atoms with van der Waals surface area (Å²) in [6.07, 6.45) is 0. The van der Waals surface area contributed by atoms with Crippen LogP contribution in [0.5, 0.6) is 0 Å². The predicted octanol–water partition coefficient (Wildman–Crippen LogP) is 1.97. The molecule has 132 valence electrons. The highest BCUT2D eigenvalue weighted by Gasteiger charge is 2.27. The van der Waals surface area contributed by atoms with Crippen LogP contribution in [0.4, 0.5) is 4.39 Å². The van der Waals surface area contributed by atoms with E-state index in [-0.39, 0.29) is 17.8 Å². The first-order valence-electron chi connectivity index (χ1n) is 8.35. The van der Waals surface area contributed by atoms with Crippen LogP contribution in [0.1, 0.15) is 22.0 Å². The van der Waals surface area contributed by atoms with Crippen LogP contribution in [0.15, 0.2) is 53.0 Å². The number of carbonyl (C=O) groups is 1.